The molecule has 0 aromatic heterocycles. The topological polar surface area (TPSA) is 50.8 Å². The van der Waals surface area contributed by atoms with Crippen molar-refractivity contribution in [2.24, 2.45) is 0 Å². The first kappa shape index (κ1) is 18.2. The molecule has 2 aliphatic heterocycles. The Morgan fingerprint density at radius 3 is 2.87 bits per heavy atom. The second kappa shape index (κ2) is 9.25. The molecule has 0 saturated carbocycles. The molecular formula is C16H23ClN2O3S. The number of ether oxygens (including phenoxy) is 2. The molecule has 0 spiro atoms. The lowest BCUT2D eigenvalue weighted by molar-refractivity contribution is -0.130. The van der Waals surface area contributed by atoms with Gasteiger partial charge >= 0.3 is 0 Å². The predicted molar refractivity (Wildman–Crippen MR) is 94.1 cm³/mol. The number of amides is 1. The molecule has 7 heteroatoms. The standard InChI is InChI=1S/C16H22N2O3S.ClH/c19-16(18-7-1-5-17-6-8-18)4-11-22-13-2-3-14-15(12-13)21-10-9-20-14;/h2-3,12,17H,1,4-11H2;1H. The first-order valence-electron chi connectivity index (χ1n) is 7.84. The summed E-state index contributed by atoms with van der Waals surface area (Å²) in [4.78, 5) is 15.3. The summed E-state index contributed by atoms with van der Waals surface area (Å²) in [6.07, 6.45) is 1.63. The molecule has 0 bridgehead atoms. The summed E-state index contributed by atoms with van der Waals surface area (Å²) in [5.74, 6) is 2.67. The van der Waals surface area contributed by atoms with E-state index in [4.69, 9.17) is 9.47 Å². The summed E-state index contributed by atoms with van der Waals surface area (Å²) in [5.41, 5.74) is 0. The van der Waals surface area contributed by atoms with Crippen molar-refractivity contribution in [2.45, 2.75) is 17.7 Å². The zero-order chi connectivity index (χ0) is 15.2. The van der Waals surface area contributed by atoms with Crippen LogP contribution in [0.4, 0.5) is 0 Å². The Bertz CT molecular complexity index is 522. The molecule has 0 unspecified atom stereocenters. The van der Waals surface area contributed by atoms with Crippen molar-refractivity contribution in [1.82, 2.24) is 10.2 Å². The minimum atomic E-state index is 0. The number of thioether (sulfide) groups is 1. The maximum Gasteiger partial charge on any atom is 0.223 e. The number of benzene rings is 1. The van der Waals surface area contributed by atoms with Crippen molar-refractivity contribution in [1.29, 1.82) is 0 Å². The summed E-state index contributed by atoms with van der Waals surface area (Å²) in [6, 6.07) is 5.97. The molecule has 3 rings (SSSR count). The molecule has 1 N–H and O–H groups in total. The van der Waals surface area contributed by atoms with Gasteiger partial charge in [-0.05, 0) is 31.2 Å². The second-order valence-corrected chi connectivity index (χ2v) is 6.56. The van der Waals surface area contributed by atoms with Crippen LogP contribution in [-0.4, -0.2) is 56.0 Å². The molecule has 1 aromatic carbocycles. The average Bonchev–Trinajstić information content (AvgIpc) is 2.84. The number of hydrogen-bond acceptors (Lipinski definition) is 5. The van der Waals surface area contributed by atoms with Gasteiger partial charge in [-0.1, -0.05) is 0 Å². The highest BCUT2D eigenvalue weighted by atomic mass is 35.5. The van der Waals surface area contributed by atoms with E-state index in [-0.39, 0.29) is 18.3 Å². The number of carbonyl (C=O) groups excluding carboxylic acids is 1. The Morgan fingerprint density at radius 1 is 1.17 bits per heavy atom. The van der Waals surface area contributed by atoms with Gasteiger partial charge in [-0.3, -0.25) is 4.79 Å². The number of nitrogens with one attached hydrogen (secondary N) is 1. The summed E-state index contributed by atoms with van der Waals surface area (Å²) < 4.78 is 11.1. The zero-order valence-corrected chi connectivity index (χ0v) is 14.7. The molecule has 1 fully saturated rings. The molecule has 23 heavy (non-hydrogen) atoms. The van der Waals surface area contributed by atoms with Gasteiger partial charge in [0.2, 0.25) is 5.91 Å². The molecule has 0 radical (unpaired) electrons. The van der Waals surface area contributed by atoms with Gasteiger partial charge in [0.05, 0.1) is 0 Å². The van der Waals surface area contributed by atoms with Crippen LogP contribution >= 0.6 is 24.2 Å². The Kier molecular flexibility index (Phi) is 7.33. The van der Waals surface area contributed by atoms with E-state index in [0.717, 1.165) is 54.7 Å². The van der Waals surface area contributed by atoms with Gasteiger partial charge in [-0.2, -0.15) is 0 Å². The van der Waals surface area contributed by atoms with Gasteiger partial charge in [0.25, 0.3) is 0 Å². The van der Waals surface area contributed by atoms with E-state index >= 15 is 0 Å². The predicted octanol–water partition coefficient (Wildman–Crippen LogP) is 2.18. The van der Waals surface area contributed by atoms with Crippen LogP contribution in [0.1, 0.15) is 12.8 Å². The fourth-order valence-corrected chi connectivity index (χ4v) is 3.49. The molecule has 128 valence electrons. The summed E-state index contributed by atoms with van der Waals surface area (Å²) in [6.45, 7) is 4.83. The smallest absolute Gasteiger partial charge is 0.223 e. The van der Waals surface area contributed by atoms with Gasteiger partial charge in [0.1, 0.15) is 13.2 Å². The normalized spacial score (nSPS) is 17.1. The number of carbonyl (C=O) groups is 1. The highest BCUT2D eigenvalue weighted by Gasteiger charge is 2.15. The number of nitrogens with zero attached hydrogens (tertiary/aromatic N) is 1. The largest absolute Gasteiger partial charge is 0.486 e. The van der Waals surface area contributed by atoms with Crippen LogP contribution in [0.5, 0.6) is 11.5 Å². The van der Waals surface area contributed by atoms with E-state index < -0.39 is 0 Å². The number of hydrogen-bond donors (Lipinski definition) is 1. The van der Waals surface area contributed by atoms with Gasteiger partial charge in [0, 0.05) is 36.7 Å². The minimum absolute atomic E-state index is 0. The van der Waals surface area contributed by atoms with Crippen LogP contribution in [0, 0.1) is 0 Å². The maximum atomic E-state index is 12.2. The molecule has 1 aromatic rings. The highest BCUT2D eigenvalue weighted by molar-refractivity contribution is 7.99. The van der Waals surface area contributed by atoms with E-state index in [1.54, 1.807) is 11.8 Å². The Morgan fingerprint density at radius 2 is 2.00 bits per heavy atom. The van der Waals surface area contributed by atoms with Gasteiger partial charge in [0.15, 0.2) is 11.5 Å². The summed E-state index contributed by atoms with van der Waals surface area (Å²) in [7, 11) is 0. The molecule has 5 nitrogen and oxygen atoms in total. The van der Waals surface area contributed by atoms with E-state index in [9.17, 15) is 4.79 Å². The summed E-state index contributed by atoms with van der Waals surface area (Å²) >= 11 is 1.69. The lowest BCUT2D eigenvalue weighted by Crippen LogP contribution is -2.34. The van der Waals surface area contributed by atoms with Crippen molar-refractivity contribution in [3.05, 3.63) is 18.2 Å². The molecule has 2 aliphatic rings. The molecule has 0 atom stereocenters. The second-order valence-electron chi connectivity index (χ2n) is 5.39. The Hall–Kier alpha value is -1.11. The minimum Gasteiger partial charge on any atom is -0.486 e. The van der Waals surface area contributed by atoms with E-state index in [1.165, 1.54) is 0 Å². The monoisotopic (exact) mass is 358 g/mol. The van der Waals surface area contributed by atoms with Crippen molar-refractivity contribution >= 4 is 30.1 Å². The fraction of sp³-hybridized carbons (Fsp3) is 0.562. The Balaban J connectivity index is 0.00000192. The van der Waals surface area contributed by atoms with Gasteiger partial charge < -0.3 is 19.7 Å². The molecule has 0 aliphatic carbocycles. The third-order valence-corrected chi connectivity index (χ3v) is 4.79. The first-order chi connectivity index (χ1) is 10.8. The quantitative estimate of drug-likeness (QED) is 0.836. The number of halogens is 1. The average molecular weight is 359 g/mol. The Labute approximate surface area is 147 Å². The van der Waals surface area contributed by atoms with Crippen LogP contribution < -0.4 is 14.8 Å². The highest BCUT2D eigenvalue weighted by Crippen LogP contribution is 2.34. The van der Waals surface area contributed by atoms with Crippen LogP contribution in [0.25, 0.3) is 0 Å². The summed E-state index contributed by atoms with van der Waals surface area (Å²) in [5, 5.41) is 3.32. The third kappa shape index (κ3) is 5.19. The number of fused-ring (bicyclic) bond motifs is 1. The lowest BCUT2D eigenvalue weighted by atomic mass is 10.3. The van der Waals surface area contributed by atoms with Crippen molar-refractivity contribution in [3.8, 4) is 11.5 Å². The van der Waals surface area contributed by atoms with Gasteiger partial charge in [-0.15, -0.1) is 24.2 Å². The lowest BCUT2D eigenvalue weighted by Gasteiger charge is -2.20. The van der Waals surface area contributed by atoms with Crippen LogP contribution in [0.2, 0.25) is 0 Å². The van der Waals surface area contributed by atoms with Crippen molar-refractivity contribution in [2.75, 3.05) is 45.1 Å². The van der Waals surface area contributed by atoms with E-state index in [1.807, 2.05) is 23.1 Å². The molecule has 1 saturated heterocycles. The molecular weight excluding hydrogens is 336 g/mol. The zero-order valence-electron chi connectivity index (χ0n) is 13.1. The number of rotatable bonds is 4. The fourth-order valence-electron chi connectivity index (χ4n) is 2.62. The third-order valence-electron chi connectivity index (χ3n) is 3.79. The molecule has 1 amide bonds. The van der Waals surface area contributed by atoms with E-state index in [0.29, 0.717) is 19.6 Å². The SMILES string of the molecule is Cl.O=C(CCSc1ccc2c(c1)OCCO2)N1CCCNCC1. The maximum absolute atomic E-state index is 12.2. The van der Waals surface area contributed by atoms with Crippen LogP contribution in [-0.2, 0) is 4.79 Å². The van der Waals surface area contributed by atoms with Crippen LogP contribution in [0.3, 0.4) is 0 Å². The first-order valence-corrected chi connectivity index (χ1v) is 8.82. The van der Waals surface area contributed by atoms with E-state index in [2.05, 4.69) is 5.32 Å². The van der Waals surface area contributed by atoms with Crippen molar-refractivity contribution in [3.63, 3.8) is 0 Å². The van der Waals surface area contributed by atoms with Gasteiger partial charge in [-0.25, -0.2) is 0 Å². The van der Waals surface area contributed by atoms with Crippen molar-refractivity contribution < 1.29 is 14.3 Å². The molecule has 2 heterocycles. The van der Waals surface area contributed by atoms with Crippen LogP contribution in [0.15, 0.2) is 23.1 Å².